The van der Waals surface area contributed by atoms with E-state index in [0.717, 1.165) is 39.0 Å². The quantitative estimate of drug-likeness (QED) is 0.761. The summed E-state index contributed by atoms with van der Waals surface area (Å²) in [4.78, 5) is 14.1. The van der Waals surface area contributed by atoms with E-state index >= 15 is 0 Å². The fraction of sp³-hybridized carbons (Fsp3) is 0.929. The molecular weight excluding hydrogens is 228 g/mol. The third-order valence-corrected chi connectivity index (χ3v) is 3.61. The zero-order valence-electron chi connectivity index (χ0n) is 12.2. The summed E-state index contributed by atoms with van der Waals surface area (Å²) < 4.78 is 0. The summed E-state index contributed by atoms with van der Waals surface area (Å²) in [5.41, 5.74) is -0.676. The van der Waals surface area contributed by atoms with E-state index in [2.05, 4.69) is 37.9 Å². The van der Waals surface area contributed by atoms with E-state index in [1.165, 1.54) is 0 Å². The maximum absolute atomic E-state index is 11.9. The maximum Gasteiger partial charge on any atom is 0.324 e. The molecule has 1 fully saturated rings. The van der Waals surface area contributed by atoms with E-state index < -0.39 is 11.5 Å². The largest absolute Gasteiger partial charge is 0.480 e. The number of carboxylic acid groups (broad SMARTS) is 1. The lowest BCUT2D eigenvalue weighted by Crippen LogP contribution is -2.61. The second kappa shape index (κ2) is 6.53. The number of aliphatic carboxylic acids is 1. The lowest BCUT2D eigenvalue weighted by molar-refractivity contribution is -0.155. The van der Waals surface area contributed by atoms with Gasteiger partial charge in [0.25, 0.3) is 0 Å². The first-order chi connectivity index (χ1) is 8.38. The van der Waals surface area contributed by atoms with Gasteiger partial charge < -0.3 is 10.4 Å². The SMILES string of the molecule is CC(C)CC(CC(C)C)(C(=O)O)N1CCNCC1. The lowest BCUT2D eigenvalue weighted by Gasteiger charge is -2.44. The smallest absolute Gasteiger partial charge is 0.324 e. The Morgan fingerprint density at radius 2 is 1.61 bits per heavy atom. The van der Waals surface area contributed by atoms with E-state index in [-0.39, 0.29) is 0 Å². The normalized spacial score (nSPS) is 18.6. The van der Waals surface area contributed by atoms with Gasteiger partial charge in [0, 0.05) is 26.2 Å². The highest BCUT2D eigenvalue weighted by atomic mass is 16.4. The molecule has 0 atom stereocenters. The molecule has 0 radical (unpaired) electrons. The molecule has 0 aromatic rings. The topological polar surface area (TPSA) is 52.6 Å². The molecule has 0 amide bonds. The zero-order chi connectivity index (χ0) is 13.8. The van der Waals surface area contributed by atoms with Crippen LogP contribution in [0.25, 0.3) is 0 Å². The molecule has 4 heteroatoms. The first-order valence-electron chi connectivity index (χ1n) is 7.07. The molecule has 2 N–H and O–H groups in total. The van der Waals surface area contributed by atoms with Gasteiger partial charge in [0.2, 0.25) is 0 Å². The number of piperazine rings is 1. The van der Waals surface area contributed by atoms with Crippen molar-refractivity contribution in [1.82, 2.24) is 10.2 Å². The summed E-state index contributed by atoms with van der Waals surface area (Å²) >= 11 is 0. The van der Waals surface area contributed by atoms with Gasteiger partial charge in [-0.1, -0.05) is 27.7 Å². The summed E-state index contributed by atoms with van der Waals surface area (Å²) in [6, 6.07) is 0. The van der Waals surface area contributed by atoms with Gasteiger partial charge in [-0.25, -0.2) is 0 Å². The van der Waals surface area contributed by atoms with E-state index in [1.807, 2.05) is 0 Å². The Hall–Kier alpha value is -0.610. The molecule has 0 aromatic heterocycles. The van der Waals surface area contributed by atoms with Crippen LogP contribution in [0.1, 0.15) is 40.5 Å². The average molecular weight is 256 g/mol. The molecule has 0 aliphatic carbocycles. The third-order valence-electron chi connectivity index (χ3n) is 3.61. The van der Waals surface area contributed by atoms with Crippen LogP contribution in [-0.2, 0) is 4.79 Å². The zero-order valence-corrected chi connectivity index (χ0v) is 12.2. The van der Waals surface area contributed by atoms with Crippen molar-refractivity contribution in [2.45, 2.75) is 46.1 Å². The van der Waals surface area contributed by atoms with Crippen molar-refractivity contribution in [2.24, 2.45) is 11.8 Å². The number of hydrogen-bond acceptors (Lipinski definition) is 3. The van der Waals surface area contributed by atoms with Crippen molar-refractivity contribution in [1.29, 1.82) is 0 Å². The summed E-state index contributed by atoms with van der Waals surface area (Å²) in [5.74, 6) is 0.149. The summed E-state index contributed by atoms with van der Waals surface area (Å²) in [5, 5.41) is 13.1. The Morgan fingerprint density at radius 1 is 1.17 bits per heavy atom. The molecule has 106 valence electrons. The fourth-order valence-electron chi connectivity index (χ4n) is 3.10. The fourth-order valence-corrected chi connectivity index (χ4v) is 3.10. The molecule has 1 aliphatic rings. The summed E-state index contributed by atoms with van der Waals surface area (Å²) in [7, 11) is 0. The maximum atomic E-state index is 11.9. The van der Waals surface area contributed by atoms with Crippen LogP contribution in [0.3, 0.4) is 0 Å². The van der Waals surface area contributed by atoms with Crippen LogP contribution < -0.4 is 5.32 Å². The Balaban J connectivity index is 2.97. The van der Waals surface area contributed by atoms with Crippen LogP contribution in [0, 0.1) is 11.8 Å². The van der Waals surface area contributed by atoms with Crippen molar-refractivity contribution >= 4 is 5.97 Å². The molecule has 1 aliphatic heterocycles. The van der Waals surface area contributed by atoms with E-state index in [9.17, 15) is 9.90 Å². The Labute approximate surface area is 111 Å². The highest BCUT2D eigenvalue weighted by Gasteiger charge is 2.45. The number of hydrogen-bond donors (Lipinski definition) is 2. The minimum Gasteiger partial charge on any atom is -0.480 e. The van der Waals surface area contributed by atoms with Gasteiger partial charge in [0.15, 0.2) is 0 Å². The number of rotatable bonds is 6. The van der Waals surface area contributed by atoms with Gasteiger partial charge >= 0.3 is 5.97 Å². The highest BCUT2D eigenvalue weighted by molar-refractivity contribution is 5.79. The third kappa shape index (κ3) is 3.69. The van der Waals surface area contributed by atoms with E-state index in [0.29, 0.717) is 11.8 Å². The molecular formula is C14H28N2O2. The van der Waals surface area contributed by atoms with Crippen LogP contribution in [0.15, 0.2) is 0 Å². The van der Waals surface area contributed by atoms with Crippen LogP contribution in [0.5, 0.6) is 0 Å². The van der Waals surface area contributed by atoms with Crippen molar-refractivity contribution in [3.63, 3.8) is 0 Å². The van der Waals surface area contributed by atoms with Gasteiger partial charge in [0.1, 0.15) is 5.54 Å². The van der Waals surface area contributed by atoms with Crippen LogP contribution in [0.4, 0.5) is 0 Å². The van der Waals surface area contributed by atoms with Crippen LogP contribution >= 0.6 is 0 Å². The van der Waals surface area contributed by atoms with E-state index in [1.54, 1.807) is 0 Å². The van der Waals surface area contributed by atoms with Gasteiger partial charge in [-0.2, -0.15) is 0 Å². The number of nitrogens with zero attached hydrogens (tertiary/aromatic N) is 1. The molecule has 0 spiro atoms. The predicted molar refractivity (Wildman–Crippen MR) is 73.7 cm³/mol. The first kappa shape index (κ1) is 15.4. The molecule has 1 heterocycles. The predicted octanol–water partition coefficient (Wildman–Crippen LogP) is 1.81. The standard InChI is InChI=1S/C14H28N2O2/c1-11(2)9-14(13(17)18,10-12(3)4)16-7-5-15-6-8-16/h11-12,15H,5-10H2,1-4H3,(H,17,18). The van der Waals surface area contributed by atoms with Crippen molar-refractivity contribution in [3.8, 4) is 0 Å². The molecule has 0 aromatic carbocycles. The second-order valence-corrected chi connectivity index (χ2v) is 6.27. The first-order valence-corrected chi connectivity index (χ1v) is 7.07. The molecule has 1 saturated heterocycles. The summed E-state index contributed by atoms with van der Waals surface area (Å²) in [6.45, 7) is 11.9. The average Bonchev–Trinajstić information content (AvgIpc) is 2.27. The lowest BCUT2D eigenvalue weighted by atomic mass is 9.80. The molecule has 18 heavy (non-hydrogen) atoms. The highest BCUT2D eigenvalue weighted by Crippen LogP contribution is 2.32. The number of carbonyl (C=O) groups is 1. The van der Waals surface area contributed by atoms with Gasteiger partial charge in [-0.3, -0.25) is 9.69 Å². The van der Waals surface area contributed by atoms with Crippen molar-refractivity contribution in [3.05, 3.63) is 0 Å². The molecule has 1 rings (SSSR count). The van der Waals surface area contributed by atoms with E-state index in [4.69, 9.17) is 0 Å². The van der Waals surface area contributed by atoms with Crippen molar-refractivity contribution in [2.75, 3.05) is 26.2 Å². The molecule has 0 saturated carbocycles. The number of nitrogens with one attached hydrogen (secondary N) is 1. The minimum atomic E-state index is -0.676. The summed E-state index contributed by atoms with van der Waals surface area (Å²) in [6.07, 6.45) is 1.47. The monoisotopic (exact) mass is 256 g/mol. The molecule has 0 unspecified atom stereocenters. The van der Waals surface area contributed by atoms with Crippen LogP contribution in [0.2, 0.25) is 0 Å². The second-order valence-electron chi connectivity index (χ2n) is 6.27. The molecule has 0 bridgehead atoms. The van der Waals surface area contributed by atoms with Crippen molar-refractivity contribution < 1.29 is 9.90 Å². The minimum absolute atomic E-state index is 0.398. The van der Waals surface area contributed by atoms with Gasteiger partial charge in [0.05, 0.1) is 0 Å². The Bertz CT molecular complexity index is 261. The van der Waals surface area contributed by atoms with Crippen LogP contribution in [-0.4, -0.2) is 47.7 Å². The Morgan fingerprint density at radius 3 is 1.94 bits per heavy atom. The Kier molecular flexibility index (Phi) is 5.60. The number of carboxylic acids is 1. The molecule has 4 nitrogen and oxygen atoms in total. The van der Waals surface area contributed by atoms with Gasteiger partial charge in [-0.05, 0) is 24.7 Å². The van der Waals surface area contributed by atoms with Gasteiger partial charge in [-0.15, -0.1) is 0 Å².